The lowest BCUT2D eigenvalue weighted by atomic mass is 10.3. The molecule has 1 fully saturated rings. The van der Waals surface area contributed by atoms with Gasteiger partial charge in [0.2, 0.25) is 0 Å². The fourth-order valence-corrected chi connectivity index (χ4v) is 3.58. The number of hydrogen-bond acceptors (Lipinski definition) is 3. The number of halogens is 1. The Labute approximate surface area is 117 Å². The molecule has 0 radical (unpaired) electrons. The van der Waals surface area contributed by atoms with Crippen molar-refractivity contribution in [2.75, 3.05) is 19.6 Å². The maximum Gasteiger partial charge on any atom is 0.0701 e. The van der Waals surface area contributed by atoms with Crippen LogP contribution in [0.2, 0.25) is 0 Å². The molecular formula is C13H21BrN2S. The third-order valence-electron chi connectivity index (χ3n) is 3.34. The normalized spacial score (nSPS) is 17.6. The molecule has 0 spiro atoms. The second-order valence-electron chi connectivity index (χ2n) is 4.68. The van der Waals surface area contributed by atoms with Crippen LogP contribution in [0.4, 0.5) is 0 Å². The summed E-state index contributed by atoms with van der Waals surface area (Å²) in [4.78, 5) is 4.00. The average molecular weight is 317 g/mol. The minimum Gasteiger partial charge on any atom is -0.308 e. The summed E-state index contributed by atoms with van der Waals surface area (Å²) in [6, 6.07) is 5.67. The molecule has 2 rings (SSSR count). The number of hydrogen-bond donors (Lipinski definition) is 1. The Morgan fingerprint density at radius 2 is 2.29 bits per heavy atom. The Balaban J connectivity index is 1.70. The van der Waals surface area contributed by atoms with Gasteiger partial charge in [0, 0.05) is 30.1 Å². The molecule has 1 aromatic rings. The lowest BCUT2D eigenvalue weighted by Crippen LogP contribution is -2.34. The molecule has 0 bridgehead atoms. The fourth-order valence-electron chi connectivity index (χ4n) is 2.12. The van der Waals surface area contributed by atoms with E-state index in [9.17, 15) is 0 Å². The van der Waals surface area contributed by atoms with Gasteiger partial charge < -0.3 is 5.32 Å². The van der Waals surface area contributed by atoms with Gasteiger partial charge in [-0.25, -0.2) is 0 Å². The van der Waals surface area contributed by atoms with Gasteiger partial charge in [0.25, 0.3) is 0 Å². The standard InChI is InChI=1S/C13H21BrN2S/c1-3-16(11-4-5-11)9-8-15-10(2)12-6-7-13(14)17-12/h6-7,10-11,15H,3-5,8-9H2,1-2H3. The first kappa shape index (κ1) is 13.5. The molecule has 4 heteroatoms. The van der Waals surface area contributed by atoms with Gasteiger partial charge in [0.15, 0.2) is 0 Å². The summed E-state index contributed by atoms with van der Waals surface area (Å²) < 4.78 is 1.22. The maximum atomic E-state index is 3.61. The minimum absolute atomic E-state index is 0.462. The molecule has 1 N–H and O–H groups in total. The van der Waals surface area contributed by atoms with Crippen molar-refractivity contribution in [3.8, 4) is 0 Å². The van der Waals surface area contributed by atoms with Gasteiger partial charge in [0.05, 0.1) is 3.79 Å². The summed E-state index contributed by atoms with van der Waals surface area (Å²) in [6.07, 6.45) is 2.81. The topological polar surface area (TPSA) is 15.3 Å². The van der Waals surface area contributed by atoms with E-state index in [1.54, 1.807) is 0 Å². The number of thiophene rings is 1. The SMILES string of the molecule is CCN(CCNC(C)c1ccc(Br)s1)C1CC1. The molecule has 1 aliphatic rings. The van der Waals surface area contributed by atoms with Gasteiger partial charge >= 0.3 is 0 Å². The van der Waals surface area contributed by atoms with Gasteiger partial charge in [-0.1, -0.05) is 6.92 Å². The molecule has 1 heterocycles. The Kier molecular flexibility index (Phi) is 5.03. The van der Waals surface area contributed by atoms with Crippen LogP contribution >= 0.6 is 27.3 Å². The van der Waals surface area contributed by atoms with Crippen LogP contribution in [0, 0.1) is 0 Å². The van der Waals surface area contributed by atoms with E-state index in [4.69, 9.17) is 0 Å². The van der Waals surface area contributed by atoms with Crippen molar-refractivity contribution in [2.24, 2.45) is 0 Å². The van der Waals surface area contributed by atoms with Crippen LogP contribution in [0.15, 0.2) is 15.9 Å². The van der Waals surface area contributed by atoms with E-state index in [2.05, 4.69) is 52.1 Å². The van der Waals surface area contributed by atoms with E-state index in [0.29, 0.717) is 6.04 Å². The van der Waals surface area contributed by atoms with Crippen LogP contribution in [0.1, 0.15) is 37.6 Å². The monoisotopic (exact) mass is 316 g/mol. The van der Waals surface area contributed by atoms with Crippen molar-refractivity contribution >= 4 is 27.3 Å². The van der Waals surface area contributed by atoms with Crippen molar-refractivity contribution in [3.63, 3.8) is 0 Å². The molecule has 0 aromatic carbocycles. The summed E-state index contributed by atoms with van der Waals surface area (Å²) in [6.45, 7) is 7.95. The summed E-state index contributed by atoms with van der Waals surface area (Å²) in [5.74, 6) is 0. The van der Waals surface area contributed by atoms with Crippen LogP contribution in [0.5, 0.6) is 0 Å². The van der Waals surface area contributed by atoms with Crippen LogP contribution < -0.4 is 5.32 Å². The molecule has 96 valence electrons. The van der Waals surface area contributed by atoms with E-state index in [0.717, 1.165) is 12.6 Å². The molecular weight excluding hydrogens is 296 g/mol. The van der Waals surface area contributed by atoms with E-state index in [-0.39, 0.29) is 0 Å². The molecule has 17 heavy (non-hydrogen) atoms. The minimum atomic E-state index is 0.462. The highest BCUT2D eigenvalue weighted by atomic mass is 79.9. The predicted octanol–water partition coefficient (Wildman–Crippen LogP) is 3.65. The molecule has 1 unspecified atom stereocenters. The quantitative estimate of drug-likeness (QED) is 0.826. The molecule has 0 saturated heterocycles. The zero-order valence-electron chi connectivity index (χ0n) is 10.6. The lowest BCUT2D eigenvalue weighted by molar-refractivity contribution is 0.273. The van der Waals surface area contributed by atoms with Crippen LogP contribution in [-0.4, -0.2) is 30.6 Å². The first-order chi connectivity index (χ1) is 8.20. The molecule has 0 amide bonds. The van der Waals surface area contributed by atoms with Crippen molar-refractivity contribution in [1.29, 1.82) is 0 Å². The van der Waals surface area contributed by atoms with Crippen LogP contribution in [-0.2, 0) is 0 Å². The number of nitrogens with zero attached hydrogens (tertiary/aromatic N) is 1. The van der Waals surface area contributed by atoms with Gasteiger partial charge in [-0.15, -0.1) is 11.3 Å². The summed E-state index contributed by atoms with van der Waals surface area (Å²) in [7, 11) is 0. The second kappa shape index (κ2) is 6.32. The molecule has 1 aromatic heterocycles. The summed E-state index contributed by atoms with van der Waals surface area (Å²) in [5, 5.41) is 3.61. The van der Waals surface area contributed by atoms with Gasteiger partial charge in [-0.2, -0.15) is 0 Å². The van der Waals surface area contributed by atoms with E-state index in [1.807, 2.05) is 11.3 Å². The Hall–Kier alpha value is 0.1000. The van der Waals surface area contributed by atoms with Gasteiger partial charge in [-0.05, 0) is 54.4 Å². The van der Waals surface area contributed by atoms with Crippen molar-refractivity contribution < 1.29 is 0 Å². The van der Waals surface area contributed by atoms with Crippen LogP contribution in [0.25, 0.3) is 0 Å². The third kappa shape index (κ3) is 4.05. The first-order valence-corrected chi connectivity index (χ1v) is 8.04. The first-order valence-electron chi connectivity index (χ1n) is 6.43. The molecule has 1 aliphatic carbocycles. The summed E-state index contributed by atoms with van der Waals surface area (Å²) in [5.41, 5.74) is 0. The summed E-state index contributed by atoms with van der Waals surface area (Å²) >= 11 is 5.33. The molecule has 1 saturated carbocycles. The second-order valence-corrected chi connectivity index (χ2v) is 7.17. The largest absolute Gasteiger partial charge is 0.308 e. The smallest absolute Gasteiger partial charge is 0.0701 e. The fraction of sp³-hybridized carbons (Fsp3) is 0.692. The number of nitrogens with one attached hydrogen (secondary N) is 1. The highest BCUT2D eigenvalue weighted by molar-refractivity contribution is 9.11. The third-order valence-corrected chi connectivity index (χ3v) is 5.15. The van der Waals surface area contributed by atoms with Gasteiger partial charge in [0.1, 0.15) is 0 Å². The van der Waals surface area contributed by atoms with E-state index < -0.39 is 0 Å². The van der Waals surface area contributed by atoms with Crippen molar-refractivity contribution in [1.82, 2.24) is 10.2 Å². The van der Waals surface area contributed by atoms with Gasteiger partial charge in [-0.3, -0.25) is 4.90 Å². The predicted molar refractivity (Wildman–Crippen MR) is 78.7 cm³/mol. The zero-order valence-corrected chi connectivity index (χ0v) is 13.0. The van der Waals surface area contributed by atoms with Crippen LogP contribution in [0.3, 0.4) is 0 Å². The molecule has 2 nitrogen and oxygen atoms in total. The Bertz CT molecular complexity index is 349. The van der Waals surface area contributed by atoms with Crippen molar-refractivity contribution in [2.45, 2.75) is 38.8 Å². The number of likely N-dealkylation sites (N-methyl/N-ethyl adjacent to an activating group) is 1. The van der Waals surface area contributed by atoms with E-state index in [1.165, 1.54) is 34.6 Å². The van der Waals surface area contributed by atoms with Crippen molar-refractivity contribution in [3.05, 3.63) is 20.8 Å². The number of rotatable bonds is 7. The highest BCUT2D eigenvalue weighted by Crippen LogP contribution is 2.27. The van der Waals surface area contributed by atoms with E-state index >= 15 is 0 Å². The molecule has 0 aliphatic heterocycles. The molecule has 1 atom stereocenters. The maximum absolute atomic E-state index is 3.61. The Morgan fingerprint density at radius 3 is 2.82 bits per heavy atom. The highest BCUT2D eigenvalue weighted by Gasteiger charge is 2.27. The Morgan fingerprint density at radius 1 is 1.53 bits per heavy atom. The zero-order chi connectivity index (χ0) is 12.3. The average Bonchev–Trinajstić information content (AvgIpc) is 3.06. The lowest BCUT2D eigenvalue weighted by Gasteiger charge is -2.21.